The molecule has 24 heavy (non-hydrogen) atoms. The summed E-state index contributed by atoms with van der Waals surface area (Å²) >= 11 is 0. The number of hydrogen-bond acceptors (Lipinski definition) is 4. The molecule has 2 aromatic rings. The lowest BCUT2D eigenvalue weighted by Gasteiger charge is -2.31. The van der Waals surface area contributed by atoms with Crippen LogP contribution in [-0.2, 0) is 11.3 Å². The zero-order valence-corrected chi connectivity index (χ0v) is 15.2. The third-order valence-corrected chi connectivity index (χ3v) is 3.79. The predicted octanol–water partition coefficient (Wildman–Crippen LogP) is 1.19. The number of carbonyl (C=O) groups is 1. The quantitative estimate of drug-likeness (QED) is 0.779. The van der Waals surface area contributed by atoms with Crippen molar-refractivity contribution in [1.29, 1.82) is 0 Å². The van der Waals surface area contributed by atoms with Crippen LogP contribution in [0.4, 0.5) is 0 Å². The van der Waals surface area contributed by atoms with Crippen LogP contribution in [0.2, 0.25) is 0 Å². The van der Waals surface area contributed by atoms with Gasteiger partial charge in [0.2, 0.25) is 5.91 Å². The Morgan fingerprint density at radius 2 is 2.12 bits per heavy atom. The van der Waals surface area contributed by atoms with Crippen LogP contribution in [0.3, 0.4) is 0 Å². The summed E-state index contributed by atoms with van der Waals surface area (Å²) < 4.78 is 2.78. The molecular weight excluding hydrogens is 330 g/mol. The normalized spacial score (nSPS) is 13.5. The molecule has 0 aliphatic carbocycles. The van der Waals surface area contributed by atoms with Gasteiger partial charge in [-0.05, 0) is 31.4 Å². The minimum absolute atomic E-state index is 0. The summed E-state index contributed by atoms with van der Waals surface area (Å²) in [7, 11) is 0. The van der Waals surface area contributed by atoms with Gasteiger partial charge in [-0.1, -0.05) is 19.9 Å². The fraction of sp³-hybridized carbons (Fsp3) is 0.562. The van der Waals surface area contributed by atoms with E-state index in [-0.39, 0.29) is 37.0 Å². The molecule has 1 atom stereocenters. The molecule has 0 aromatic carbocycles. The highest BCUT2D eigenvalue weighted by Crippen LogP contribution is 2.15. The van der Waals surface area contributed by atoms with E-state index in [9.17, 15) is 9.59 Å². The van der Waals surface area contributed by atoms with Crippen molar-refractivity contribution in [2.75, 3.05) is 6.54 Å². The van der Waals surface area contributed by atoms with Gasteiger partial charge in [0.15, 0.2) is 5.65 Å². The highest BCUT2D eigenvalue weighted by molar-refractivity contribution is 5.85. The molecule has 2 aromatic heterocycles. The first-order chi connectivity index (χ1) is 10.8. The second-order valence-corrected chi connectivity index (χ2v) is 6.60. The SMILES string of the molecule is CC(C)CC(C)(CN)NC(=O)CCn1nc2ccccn2c1=O.Cl. The number of aryl methyl sites for hydroxylation is 1. The highest BCUT2D eigenvalue weighted by atomic mass is 35.5. The number of nitrogens with one attached hydrogen (secondary N) is 1. The van der Waals surface area contributed by atoms with Crippen LogP contribution in [0.1, 0.15) is 33.6 Å². The number of nitrogens with two attached hydrogens (primary N) is 1. The van der Waals surface area contributed by atoms with E-state index in [1.54, 1.807) is 18.3 Å². The summed E-state index contributed by atoms with van der Waals surface area (Å²) in [5.74, 6) is 0.312. The van der Waals surface area contributed by atoms with Crippen LogP contribution >= 0.6 is 12.4 Å². The summed E-state index contributed by atoms with van der Waals surface area (Å²) in [4.78, 5) is 24.3. The van der Waals surface area contributed by atoms with E-state index in [1.807, 2.05) is 13.0 Å². The summed E-state index contributed by atoms with van der Waals surface area (Å²) in [6.07, 6.45) is 2.66. The summed E-state index contributed by atoms with van der Waals surface area (Å²) in [6.45, 7) is 6.76. The Balaban J connectivity index is 0.00000288. The molecule has 3 N–H and O–H groups in total. The number of fused-ring (bicyclic) bond motifs is 1. The van der Waals surface area contributed by atoms with E-state index in [0.717, 1.165) is 6.42 Å². The van der Waals surface area contributed by atoms with Crippen molar-refractivity contribution in [3.05, 3.63) is 34.9 Å². The fourth-order valence-corrected chi connectivity index (χ4v) is 2.81. The van der Waals surface area contributed by atoms with Crippen LogP contribution in [-0.4, -0.2) is 32.2 Å². The lowest BCUT2D eigenvalue weighted by atomic mass is 9.90. The number of pyridine rings is 1. The molecule has 1 amide bonds. The molecule has 2 heterocycles. The third kappa shape index (κ3) is 4.82. The van der Waals surface area contributed by atoms with Gasteiger partial charge in [-0.15, -0.1) is 17.5 Å². The van der Waals surface area contributed by atoms with E-state index in [1.165, 1.54) is 9.08 Å². The standard InChI is InChI=1S/C16H25N5O2.ClH/c1-12(2)10-16(3,11-17)18-14(22)7-9-21-15(23)20-8-5-4-6-13(20)19-21;/h4-6,8,12H,7,9-11,17H2,1-3H3,(H,18,22);1H. The minimum Gasteiger partial charge on any atom is -0.350 e. The van der Waals surface area contributed by atoms with Gasteiger partial charge >= 0.3 is 5.69 Å². The smallest absolute Gasteiger partial charge is 0.350 e. The third-order valence-electron chi connectivity index (χ3n) is 3.79. The molecule has 2 rings (SSSR count). The number of carbonyl (C=O) groups excluding carboxylic acids is 1. The maximum atomic E-state index is 12.2. The van der Waals surface area contributed by atoms with Gasteiger partial charge < -0.3 is 11.1 Å². The Morgan fingerprint density at radius 3 is 2.71 bits per heavy atom. The maximum absolute atomic E-state index is 12.2. The first kappa shape index (κ1) is 20.2. The molecule has 0 saturated carbocycles. The Bertz CT molecular complexity index is 739. The molecule has 0 saturated heterocycles. The average molecular weight is 356 g/mol. The van der Waals surface area contributed by atoms with E-state index >= 15 is 0 Å². The lowest BCUT2D eigenvalue weighted by molar-refractivity contribution is -0.123. The molecule has 0 bridgehead atoms. The minimum atomic E-state index is -0.422. The second kappa shape index (κ2) is 8.30. The first-order valence-electron chi connectivity index (χ1n) is 7.90. The molecule has 0 aliphatic rings. The maximum Gasteiger partial charge on any atom is 0.350 e. The lowest BCUT2D eigenvalue weighted by Crippen LogP contribution is -2.52. The van der Waals surface area contributed by atoms with Gasteiger partial charge in [0.1, 0.15) is 0 Å². The largest absolute Gasteiger partial charge is 0.350 e. The van der Waals surface area contributed by atoms with Crippen molar-refractivity contribution < 1.29 is 4.79 Å². The fourth-order valence-electron chi connectivity index (χ4n) is 2.81. The van der Waals surface area contributed by atoms with Crippen LogP contribution in [0, 0.1) is 5.92 Å². The molecule has 7 nitrogen and oxygen atoms in total. The number of rotatable bonds is 7. The van der Waals surface area contributed by atoms with E-state index in [2.05, 4.69) is 24.3 Å². The molecule has 0 spiro atoms. The summed E-state index contributed by atoms with van der Waals surface area (Å²) in [5, 5.41) is 7.20. The van der Waals surface area contributed by atoms with E-state index < -0.39 is 5.54 Å². The number of nitrogens with zero attached hydrogens (tertiary/aromatic N) is 3. The van der Waals surface area contributed by atoms with Crippen molar-refractivity contribution in [1.82, 2.24) is 19.5 Å². The van der Waals surface area contributed by atoms with Gasteiger partial charge in [0, 0.05) is 24.7 Å². The molecule has 0 radical (unpaired) electrons. The average Bonchev–Trinajstić information content (AvgIpc) is 2.81. The van der Waals surface area contributed by atoms with Gasteiger partial charge in [-0.3, -0.25) is 9.20 Å². The predicted molar refractivity (Wildman–Crippen MR) is 96.4 cm³/mol. The monoisotopic (exact) mass is 355 g/mol. The van der Waals surface area contributed by atoms with Crippen molar-refractivity contribution in [3.8, 4) is 0 Å². The van der Waals surface area contributed by atoms with Gasteiger partial charge in [-0.25, -0.2) is 9.48 Å². The molecule has 0 fully saturated rings. The molecular formula is C16H26ClN5O2. The van der Waals surface area contributed by atoms with E-state index in [4.69, 9.17) is 5.73 Å². The Labute approximate surface area is 147 Å². The van der Waals surface area contributed by atoms with Crippen molar-refractivity contribution >= 4 is 24.0 Å². The first-order valence-corrected chi connectivity index (χ1v) is 7.90. The number of hydrogen-bond donors (Lipinski definition) is 2. The molecule has 1 unspecified atom stereocenters. The van der Waals surface area contributed by atoms with Crippen LogP contribution in [0.5, 0.6) is 0 Å². The van der Waals surface area contributed by atoms with E-state index in [0.29, 0.717) is 18.1 Å². The summed E-state index contributed by atoms with van der Waals surface area (Å²) in [6, 6.07) is 5.34. The van der Waals surface area contributed by atoms with Crippen LogP contribution < -0.4 is 16.7 Å². The van der Waals surface area contributed by atoms with Crippen LogP contribution in [0.15, 0.2) is 29.2 Å². The molecule has 0 aliphatic heterocycles. The van der Waals surface area contributed by atoms with Gasteiger partial charge in [0.25, 0.3) is 0 Å². The molecule has 134 valence electrons. The topological polar surface area (TPSA) is 94.4 Å². The Morgan fingerprint density at radius 1 is 1.42 bits per heavy atom. The Hall–Kier alpha value is -1.86. The molecule has 8 heteroatoms. The van der Waals surface area contributed by atoms with Crippen molar-refractivity contribution in [2.45, 2.75) is 45.7 Å². The summed E-state index contributed by atoms with van der Waals surface area (Å²) in [5.41, 5.74) is 5.71. The van der Waals surface area contributed by atoms with Crippen LogP contribution in [0.25, 0.3) is 5.65 Å². The second-order valence-electron chi connectivity index (χ2n) is 6.60. The number of amides is 1. The van der Waals surface area contributed by atoms with Gasteiger partial charge in [-0.2, -0.15) is 0 Å². The zero-order chi connectivity index (χ0) is 17.0. The van der Waals surface area contributed by atoms with Crippen molar-refractivity contribution in [3.63, 3.8) is 0 Å². The zero-order valence-electron chi connectivity index (χ0n) is 14.4. The van der Waals surface area contributed by atoms with Gasteiger partial charge in [0.05, 0.1) is 6.54 Å². The van der Waals surface area contributed by atoms with Crippen molar-refractivity contribution in [2.24, 2.45) is 11.7 Å². The number of aromatic nitrogens is 3. The Kier molecular flexibility index (Phi) is 6.98. The number of halogens is 1. The highest BCUT2D eigenvalue weighted by Gasteiger charge is 2.25.